The van der Waals surface area contributed by atoms with Crippen molar-refractivity contribution in [3.05, 3.63) is 42.4 Å². The number of alkyl halides is 5. The van der Waals surface area contributed by atoms with E-state index < -0.39 is 34.3 Å². The summed E-state index contributed by atoms with van der Waals surface area (Å²) in [5, 5.41) is 7.32. The van der Waals surface area contributed by atoms with Crippen LogP contribution in [0, 0.1) is 0 Å². The Morgan fingerprint density at radius 3 is 2.17 bits per heavy atom. The molecule has 13 heteroatoms. The van der Waals surface area contributed by atoms with Crippen LogP contribution in [0.4, 0.5) is 22.0 Å². The maximum atomic E-state index is 13.0. The van der Waals surface area contributed by atoms with Crippen LogP contribution in [0.2, 0.25) is 0 Å². The Morgan fingerprint density at radius 1 is 1.17 bits per heavy atom. The lowest BCUT2D eigenvalue weighted by atomic mass is 10.0. The molecule has 0 saturated heterocycles. The number of rotatable bonds is 11. The number of ether oxygens (including phenoxy) is 1. The topological polar surface area (TPSA) is 101 Å². The molecule has 1 aromatic heterocycles. The van der Waals surface area contributed by atoms with Gasteiger partial charge in [-0.15, -0.1) is 0 Å². The Balaban J connectivity index is 0.00000227. The molecular formula is C23H32F5N3O4S. The number of nitrogens with zero attached hydrogens (tertiary/aromatic N) is 2. The number of carbonyl (C=O) groups excluding carboxylic acids is 1. The van der Waals surface area contributed by atoms with Crippen LogP contribution in [0.3, 0.4) is 0 Å². The van der Waals surface area contributed by atoms with Crippen molar-refractivity contribution < 1.29 is 40.9 Å². The van der Waals surface area contributed by atoms with E-state index >= 15 is 0 Å². The molecule has 2 N–H and O–H groups in total. The van der Waals surface area contributed by atoms with E-state index in [0.717, 1.165) is 6.29 Å². The molecule has 0 bridgehead atoms. The van der Waals surface area contributed by atoms with Crippen molar-refractivity contribution in [2.75, 3.05) is 27.9 Å². The minimum absolute atomic E-state index is 0.182. The number of methoxy groups -OCH3 is 1. The van der Waals surface area contributed by atoms with Gasteiger partial charge in [0, 0.05) is 37.4 Å². The van der Waals surface area contributed by atoms with E-state index in [4.69, 9.17) is 9.94 Å². The highest BCUT2D eigenvalue weighted by Crippen LogP contribution is 2.29. The predicted molar refractivity (Wildman–Crippen MR) is 127 cm³/mol. The smallest absolute Gasteiger partial charge is 0.385 e. The van der Waals surface area contributed by atoms with E-state index in [1.807, 2.05) is 0 Å². The summed E-state index contributed by atoms with van der Waals surface area (Å²) < 4.78 is 76.3. The fourth-order valence-electron chi connectivity index (χ4n) is 2.92. The maximum absolute atomic E-state index is 13.0. The molecule has 0 aliphatic heterocycles. The number of hydrogen-bond acceptors (Lipinski definition) is 7. The summed E-state index contributed by atoms with van der Waals surface area (Å²) in [7, 11) is 1.87. The van der Waals surface area contributed by atoms with Crippen LogP contribution in [0.15, 0.2) is 41.6 Å². The number of benzene rings is 1. The number of carbonyl (C=O) groups is 1. The first kappa shape index (κ1) is 33.7. The van der Waals surface area contributed by atoms with Gasteiger partial charge in [-0.25, -0.2) is 9.87 Å². The van der Waals surface area contributed by atoms with E-state index in [1.165, 1.54) is 26.6 Å². The molecule has 3 unspecified atom stereocenters. The molecule has 0 amide bonds. The SMILES string of the molecule is CCC(C=O)(CCOC)S(=O)c1ccc(-c2cnc(CCC(F)C(F)(F)F)cn2)cc1.CF.CNO. The number of hydrogen-bond donors (Lipinski definition) is 2. The van der Waals surface area contributed by atoms with Gasteiger partial charge in [0.2, 0.25) is 0 Å². The van der Waals surface area contributed by atoms with Crippen LogP contribution < -0.4 is 5.48 Å². The first-order valence-corrected chi connectivity index (χ1v) is 11.9. The second-order valence-electron chi connectivity index (χ2n) is 7.24. The second-order valence-corrected chi connectivity index (χ2v) is 9.06. The Labute approximate surface area is 209 Å². The summed E-state index contributed by atoms with van der Waals surface area (Å²) in [5.74, 6) is 0. The van der Waals surface area contributed by atoms with E-state index in [0.29, 0.717) is 42.8 Å². The zero-order valence-electron chi connectivity index (χ0n) is 20.5. The number of aldehydes is 1. The Bertz CT molecular complexity index is 902. The largest absolute Gasteiger partial charge is 0.419 e. The van der Waals surface area contributed by atoms with Gasteiger partial charge in [0.25, 0.3) is 0 Å². The fourth-order valence-corrected chi connectivity index (χ4v) is 4.39. The summed E-state index contributed by atoms with van der Waals surface area (Å²) in [6.45, 7) is 2.11. The molecule has 0 aliphatic carbocycles. The highest BCUT2D eigenvalue weighted by Gasteiger charge is 2.39. The first-order valence-electron chi connectivity index (χ1n) is 10.8. The molecule has 0 spiro atoms. The normalized spacial score (nSPS) is 14.3. The van der Waals surface area contributed by atoms with Crippen molar-refractivity contribution in [1.29, 1.82) is 0 Å². The second kappa shape index (κ2) is 17.2. The quantitative estimate of drug-likeness (QED) is 0.243. The third-order valence-electron chi connectivity index (χ3n) is 4.99. The number of aryl methyl sites for hydroxylation is 1. The Kier molecular flexibility index (Phi) is 16.0. The van der Waals surface area contributed by atoms with Gasteiger partial charge in [-0.05, 0) is 37.8 Å². The highest BCUT2D eigenvalue weighted by molar-refractivity contribution is 7.87. The van der Waals surface area contributed by atoms with E-state index in [1.54, 1.807) is 36.7 Å². The van der Waals surface area contributed by atoms with Gasteiger partial charge >= 0.3 is 6.18 Å². The van der Waals surface area contributed by atoms with Crippen LogP contribution >= 0.6 is 0 Å². The lowest BCUT2D eigenvalue weighted by Crippen LogP contribution is -2.37. The standard InChI is InChI=1S/C21H24F4N2O3S.CH3F.CH5NO/c1-3-20(14-28,10-11-30-2)31(29)17-7-4-15(5-8-17)18-13-26-16(12-27-18)6-9-19(22)21(23,24)25;1-2;1-2-3/h4-5,7-8,12-14,19H,3,6,9-11H2,1-2H3;1H3;2-3H,1H3. The minimum Gasteiger partial charge on any atom is -0.385 e. The molecule has 0 saturated carbocycles. The van der Waals surface area contributed by atoms with Gasteiger partial charge in [0.05, 0.1) is 35.6 Å². The van der Waals surface area contributed by atoms with Crippen molar-refractivity contribution in [3.63, 3.8) is 0 Å². The van der Waals surface area contributed by atoms with Crippen molar-refractivity contribution in [3.8, 4) is 11.3 Å². The van der Waals surface area contributed by atoms with Crippen LogP contribution in [0.25, 0.3) is 11.3 Å². The lowest BCUT2D eigenvalue weighted by molar-refractivity contribution is -0.181. The summed E-state index contributed by atoms with van der Waals surface area (Å²) in [6, 6.07) is 6.64. The fraction of sp³-hybridized carbons (Fsp3) is 0.522. The number of halogens is 5. The van der Waals surface area contributed by atoms with Gasteiger partial charge in [0.1, 0.15) is 11.0 Å². The van der Waals surface area contributed by atoms with E-state index in [9.17, 15) is 31.0 Å². The molecule has 2 aromatic rings. The van der Waals surface area contributed by atoms with Crippen molar-refractivity contribution in [1.82, 2.24) is 15.4 Å². The lowest BCUT2D eigenvalue weighted by Gasteiger charge is -2.25. The third-order valence-corrected chi connectivity index (χ3v) is 7.02. The molecule has 1 heterocycles. The molecule has 0 fully saturated rings. The van der Waals surface area contributed by atoms with Gasteiger partial charge in [-0.3, -0.25) is 18.6 Å². The van der Waals surface area contributed by atoms with Crippen molar-refractivity contribution >= 4 is 17.1 Å². The zero-order chi connectivity index (χ0) is 27.8. The summed E-state index contributed by atoms with van der Waals surface area (Å²) in [4.78, 5) is 20.4. The average molecular weight is 542 g/mol. The summed E-state index contributed by atoms with van der Waals surface area (Å²) in [5.41, 5.74) is 3.12. The monoisotopic (exact) mass is 541 g/mol. The molecule has 3 atom stereocenters. The third kappa shape index (κ3) is 10.3. The Hall–Kier alpha value is -2.35. The molecule has 7 nitrogen and oxygen atoms in total. The van der Waals surface area contributed by atoms with Crippen LogP contribution in [-0.4, -0.2) is 70.7 Å². The first-order chi connectivity index (χ1) is 17.1. The summed E-state index contributed by atoms with van der Waals surface area (Å²) >= 11 is 0. The molecule has 36 heavy (non-hydrogen) atoms. The summed E-state index contributed by atoms with van der Waals surface area (Å²) in [6.07, 6.45) is -4.51. The van der Waals surface area contributed by atoms with Gasteiger partial charge in [0.15, 0.2) is 6.17 Å². The molecule has 2 rings (SSSR count). The minimum atomic E-state index is -4.88. The zero-order valence-corrected chi connectivity index (χ0v) is 21.3. The Morgan fingerprint density at radius 2 is 1.75 bits per heavy atom. The van der Waals surface area contributed by atoms with Gasteiger partial charge in [-0.2, -0.15) is 13.2 Å². The van der Waals surface area contributed by atoms with Crippen LogP contribution in [-0.2, 0) is 26.8 Å². The number of aromatic nitrogens is 2. The molecule has 0 radical (unpaired) electrons. The average Bonchev–Trinajstić information content (AvgIpc) is 2.89. The molecule has 204 valence electrons. The number of nitrogens with one attached hydrogen (secondary N) is 1. The van der Waals surface area contributed by atoms with Crippen molar-refractivity contribution in [2.24, 2.45) is 0 Å². The van der Waals surface area contributed by atoms with Crippen molar-refractivity contribution in [2.45, 2.75) is 54.6 Å². The van der Waals surface area contributed by atoms with E-state index in [-0.39, 0.29) is 12.1 Å². The van der Waals surface area contributed by atoms with Crippen LogP contribution in [0.5, 0.6) is 0 Å². The van der Waals surface area contributed by atoms with Gasteiger partial charge < -0.3 is 14.7 Å². The molecule has 0 aliphatic rings. The van der Waals surface area contributed by atoms with E-state index in [2.05, 4.69) is 9.97 Å². The molecular weight excluding hydrogens is 509 g/mol. The van der Waals surface area contributed by atoms with Gasteiger partial charge in [-0.1, -0.05) is 19.1 Å². The predicted octanol–water partition coefficient (Wildman–Crippen LogP) is 4.65. The molecule has 1 aromatic carbocycles. The maximum Gasteiger partial charge on any atom is 0.419 e. The van der Waals surface area contributed by atoms with Crippen LogP contribution in [0.1, 0.15) is 31.9 Å². The highest BCUT2D eigenvalue weighted by atomic mass is 32.2. The number of hydroxylamine groups is 1.